The van der Waals surface area contributed by atoms with E-state index in [4.69, 9.17) is 32.7 Å². The second-order valence-electron chi connectivity index (χ2n) is 7.18. The summed E-state index contributed by atoms with van der Waals surface area (Å²) in [4.78, 5) is 42.5. The zero-order valence-corrected chi connectivity index (χ0v) is 19.6. The predicted octanol–water partition coefficient (Wildman–Crippen LogP) is 4.54. The van der Waals surface area contributed by atoms with Crippen LogP contribution in [-0.4, -0.2) is 33.8 Å². The third kappa shape index (κ3) is 4.25. The van der Waals surface area contributed by atoms with Gasteiger partial charge in [-0.05, 0) is 30.7 Å². The third-order valence-electron chi connectivity index (χ3n) is 5.19. The summed E-state index contributed by atoms with van der Waals surface area (Å²) in [5.74, 6) is -1.34. The molecule has 0 fully saturated rings. The van der Waals surface area contributed by atoms with Crippen LogP contribution in [0, 0.1) is 6.92 Å². The van der Waals surface area contributed by atoms with Crippen molar-refractivity contribution in [3.05, 3.63) is 97.5 Å². The molecule has 10 heteroatoms. The van der Waals surface area contributed by atoms with E-state index < -0.39 is 17.5 Å². The van der Waals surface area contributed by atoms with Crippen molar-refractivity contribution in [3.8, 4) is 5.69 Å². The second kappa shape index (κ2) is 9.62. The van der Waals surface area contributed by atoms with Crippen molar-refractivity contribution in [1.29, 1.82) is 0 Å². The minimum Gasteiger partial charge on any atom is -0.465 e. The highest BCUT2D eigenvalue weighted by Gasteiger charge is 2.22. The van der Waals surface area contributed by atoms with E-state index in [0.717, 1.165) is 10.1 Å². The lowest BCUT2D eigenvalue weighted by Gasteiger charge is -2.14. The molecule has 0 saturated carbocycles. The molecule has 0 aliphatic heterocycles. The Hall–Kier alpha value is -3.75. The van der Waals surface area contributed by atoms with Gasteiger partial charge in [0.2, 0.25) is 0 Å². The molecule has 0 N–H and O–H groups in total. The minimum absolute atomic E-state index is 0.00365. The number of aromatic nitrogens is 3. The summed E-state index contributed by atoms with van der Waals surface area (Å²) in [6.07, 6.45) is 1.21. The molecule has 0 aliphatic carbocycles. The van der Waals surface area contributed by atoms with E-state index in [1.807, 2.05) is 18.2 Å². The molecular weight excluding hydrogens is 481 g/mol. The van der Waals surface area contributed by atoms with E-state index in [1.54, 1.807) is 25.1 Å². The number of carbonyl (C=O) groups is 2. The number of rotatable bonds is 5. The van der Waals surface area contributed by atoms with Crippen LogP contribution in [0.2, 0.25) is 10.0 Å². The fraction of sp³-hybridized carbons (Fsp3) is 0.125. The Balaban J connectivity index is 1.71. The first kappa shape index (κ1) is 23.4. The maximum absolute atomic E-state index is 13.0. The van der Waals surface area contributed by atoms with Crippen molar-refractivity contribution in [2.45, 2.75) is 13.5 Å². The summed E-state index contributed by atoms with van der Waals surface area (Å²) in [6.45, 7) is 1.48. The molecule has 172 valence electrons. The van der Waals surface area contributed by atoms with Gasteiger partial charge in [0.25, 0.3) is 5.56 Å². The van der Waals surface area contributed by atoms with E-state index in [0.29, 0.717) is 11.1 Å². The number of ether oxygens (including phenoxy) is 2. The molecule has 4 aromatic rings. The molecule has 0 amide bonds. The highest BCUT2D eigenvalue weighted by atomic mass is 35.5. The quantitative estimate of drug-likeness (QED) is 0.373. The maximum Gasteiger partial charge on any atom is 0.340 e. The lowest BCUT2D eigenvalue weighted by atomic mass is 10.0. The molecule has 8 nitrogen and oxygen atoms in total. The Morgan fingerprint density at radius 3 is 2.50 bits per heavy atom. The van der Waals surface area contributed by atoms with Gasteiger partial charge in [-0.2, -0.15) is 9.78 Å². The Bertz CT molecular complexity index is 1500. The van der Waals surface area contributed by atoms with Crippen LogP contribution in [0.4, 0.5) is 0 Å². The second-order valence-corrected chi connectivity index (χ2v) is 7.97. The fourth-order valence-corrected chi connectivity index (χ4v) is 3.80. The third-order valence-corrected chi connectivity index (χ3v) is 5.93. The van der Waals surface area contributed by atoms with Crippen molar-refractivity contribution in [3.63, 3.8) is 0 Å². The summed E-state index contributed by atoms with van der Waals surface area (Å²) >= 11 is 11.8. The van der Waals surface area contributed by atoms with Crippen LogP contribution in [0.5, 0.6) is 0 Å². The number of pyridine rings is 1. The first-order chi connectivity index (χ1) is 16.3. The van der Waals surface area contributed by atoms with Crippen molar-refractivity contribution in [2.75, 3.05) is 7.11 Å². The number of hydrogen-bond acceptors (Lipinski definition) is 7. The average molecular weight is 498 g/mol. The molecule has 0 saturated heterocycles. The molecule has 0 aliphatic rings. The molecule has 4 rings (SSSR count). The SMILES string of the molecule is COC(=O)c1c(COC(=O)c2ccccc2-n2ncc(Cl)c(Cl)c2=O)nc2ccccc2c1C. The molecule has 0 radical (unpaired) electrons. The lowest BCUT2D eigenvalue weighted by Crippen LogP contribution is -2.24. The number of fused-ring (bicyclic) bond motifs is 1. The van der Waals surface area contributed by atoms with Crippen molar-refractivity contribution >= 4 is 46.0 Å². The number of hydrogen-bond donors (Lipinski definition) is 0. The van der Waals surface area contributed by atoms with Crippen molar-refractivity contribution in [1.82, 2.24) is 14.8 Å². The van der Waals surface area contributed by atoms with E-state index in [1.165, 1.54) is 25.4 Å². The standard InChI is InChI=1S/C24H17Cl2N3O5/c1-13-14-7-3-5-9-17(14)28-18(20(13)24(32)33-2)12-34-23(31)15-8-4-6-10-19(15)29-22(30)21(26)16(25)11-27-29/h3-11H,12H2,1-2H3. The molecule has 34 heavy (non-hydrogen) atoms. The topological polar surface area (TPSA) is 100 Å². The van der Waals surface area contributed by atoms with Gasteiger partial charge >= 0.3 is 11.9 Å². The van der Waals surface area contributed by atoms with E-state index in [-0.39, 0.29) is 39.2 Å². The number of para-hydroxylation sites is 2. The molecule has 2 aromatic heterocycles. The van der Waals surface area contributed by atoms with Gasteiger partial charge in [-0.25, -0.2) is 14.6 Å². The number of esters is 2. The summed E-state index contributed by atoms with van der Waals surface area (Å²) in [5, 5.41) is 4.53. The summed E-state index contributed by atoms with van der Waals surface area (Å²) in [6, 6.07) is 13.5. The number of benzene rings is 2. The van der Waals surface area contributed by atoms with Gasteiger partial charge in [-0.3, -0.25) is 4.79 Å². The van der Waals surface area contributed by atoms with E-state index in [2.05, 4.69) is 10.1 Å². The average Bonchev–Trinajstić information content (AvgIpc) is 2.85. The minimum atomic E-state index is -0.751. The van der Waals surface area contributed by atoms with Gasteiger partial charge in [0.1, 0.15) is 11.6 Å². The maximum atomic E-state index is 13.0. The summed E-state index contributed by atoms with van der Waals surface area (Å²) < 4.78 is 11.4. The largest absolute Gasteiger partial charge is 0.465 e. The Morgan fingerprint density at radius 1 is 1.03 bits per heavy atom. The predicted molar refractivity (Wildman–Crippen MR) is 127 cm³/mol. The van der Waals surface area contributed by atoms with E-state index >= 15 is 0 Å². The van der Waals surface area contributed by atoms with Gasteiger partial charge in [-0.1, -0.05) is 53.5 Å². The molecule has 0 spiro atoms. The van der Waals surface area contributed by atoms with Gasteiger partial charge in [0.15, 0.2) is 0 Å². The summed E-state index contributed by atoms with van der Waals surface area (Å²) in [7, 11) is 1.27. The Kier molecular flexibility index (Phi) is 6.63. The first-order valence-electron chi connectivity index (χ1n) is 10.00. The van der Waals surface area contributed by atoms with Crippen LogP contribution >= 0.6 is 23.2 Å². The van der Waals surface area contributed by atoms with Crippen LogP contribution in [-0.2, 0) is 16.1 Å². The van der Waals surface area contributed by atoms with Gasteiger partial charge in [0.05, 0.1) is 46.4 Å². The van der Waals surface area contributed by atoms with E-state index in [9.17, 15) is 14.4 Å². The first-order valence-corrected chi connectivity index (χ1v) is 10.8. The lowest BCUT2D eigenvalue weighted by molar-refractivity contribution is 0.0455. The number of halogens is 2. The van der Waals surface area contributed by atoms with Gasteiger partial charge in [-0.15, -0.1) is 0 Å². The summed E-state index contributed by atoms with van der Waals surface area (Å²) in [5.41, 5.74) is 1.32. The number of methoxy groups -OCH3 is 1. The van der Waals surface area contributed by atoms with Crippen LogP contribution in [0.1, 0.15) is 32.0 Å². The highest BCUT2D eigenvalue weighted by Crippen LogP contribution is 2.25. The number of nitrogens with zero attached hydrogens (tertiary/aromatic N) is 3. The fourth-order valence-electron chi connectivity index (χ4n) is 3.54. The molecular formula is C24H17Cl2N3O5. The molecule has 0 bridgehead atoms. The van der Waals surface area contributed by atoms with Gasteiger partial charge in [0, 0.05) is 5.39 Å². The monoisotopic (exact) mass is 497 g/mol. The molecule has 2 heterocycles. The zero-order chi connectivity index (χ0) is 24.4. The Morgan fingerprint density at radius 2 is 1.74 bits per heavy atom. The molecule has 0 atom stereocenters. The van der Waals surface area contributed by atoms with Crippen LogP contribution in [0.25, 0.3) is 16.6 Å². The highest BCUT2D eigenvalue weighted by molar-refractivity contribution is 6.41. The van der Waals surface area contributed by atoms with Crippen LogP contribution in [0.3, 0.4) is 0 Å². The van der Waals surface area contributed by atoms with Crippen molar-refractivity contribution < 1.29 is 19.1 Å². The van der Waals surface area contributed by atoms with Gasteiger partial charge < -0.3 is 9.47 Å². The normalized spacial score (nSPS) is 10.8. The molecule has 2 aromatic carbocycles. The molecule has 0 unspecified atom stereocenters. The number of carbonyl (C=O) groups excluding carboxylic acids is 2. The Labute approximate surface area is 203 Å². The smallest absolute Gasteiger partial charge is 0.340 e. The number of aryl methyl sites for hydroxylation is 1. The zero-order valence-electron chi connectivity index (χ0n) is 18.0. The van der Waals surface area contributed by atoms with Crippen molar-refractivity contribution in [2.24, 2.45) is 0 Å². The van der Waals surface area contributed by atoms with Crippen LogP contribution in [0.15, 0.2) is 59.5 Å². The van der Waals surface area contributed by atoms with Crippen LogP contribution < -0.4 is 5.56 Å².